The zero-order chi connectivity index (χ0) is 17.5. The number of nitrogens with one attached hydrogen (secondary N) is 2. The van der Waals surface area contributed by atoms with Gasteiger partial charge in [-0.15, -0.1) is 0 Å². The molecule has 0 saturated carbocycles. The predicted octanol–water partition coefficient (Wildman–Crippen LogP) is 4.91. The first-order chi connectivity index (χ1) is 11.5. The predicted molar refractivity (Wildman–Crippen MR) is 105 cm³/mol. The molecule has 0 saturated heterocycles. The topological polar surface area (TPSA) is 41.1 Å². The number of carbonyl (C=O) groups is 1. The number of aryl methyl sites for hydroxylation is 1. The first kappa shape index (κ1) is 18.4. The molecule has 0 aromatic heterocycles. The number of carbonyl (C=O) groups excluding carboxylic acids is 1. The van der Waals surface area contributed by atoms with Crippen molar-refractivity contribution in [3.63, 3.8) is 0 Å². The molecule has 0 heterocycles. The molecule has 0 aliphatic carbocycles. The average Bonchev–Trinajstić information content (AvgIpc) is 2.54. The SMILES string of the molecule is CC(C)c1ccccc1NC(=S)NC(=O)CCc1ccccc1Cl. The van der Waals surface area contributed by atoms with Gasteiger partial charge in [0.2, 0.25) is 5.91 Å². The Morgan fingerprint density at radius 2 is 1.79 bits per heavy atom. The van der Waals surface area contributed by atoms with Crippen molar-refractivity contribution in [3.8, 4) is 0 Å². The van der Waals surface area contributed by atoms with Crippen LogP contribution in [0.3, 0.4) is 0 Å². The van der Waals surface area contributed by atoms with Gasteiger partial charge in [-0.2, -0.15) is 0 Å². The number of halogens is 1. The van der Waals surface area contributed by atoms with E-state index in [9.17, 15) is 4.79 Å². The fourth-order valence-corrected chi connectivity index (χ4v) is 2.86. The third-order valence-corrected chi connectivity index (χ3v) is 4.24. The van der Waals surface area contributed by atoms with Crippen LogP contribution in [0.4, 0.5) is 5.69 Å². The van der Waals surface area contributed by atoms with E-state index in [1.165, 1.54) is 0 Å². The fraction of sp³-hybridized carbons (Fsp3) is 0.263. The molecule has 24 heavy (non-hydrogen) atoms. The Hall–Kier alpha value is -1.91. The Morgan fingerprint density at radius 1 is 1.12 bits per heavy atom. The third-order valence-electron chi connectivity index (χ3n) is 3.66. The van der Waals surface area contributed by atoms with Crippen LogP contribution in [0.2, 0.25) is 5.02 Å². The highest BCUT2D eigenvalue weighted by Crippen LogP contribution is 2.23. The Morgan fingerprint density at radius 3 is 2.50 bits per heavy atom. The standard InChI is InChI=1S/C19H21ClN2OS/c1-13(2)15-8-4-6-10-17(15)21-19(24)22-18(23)12-11-14-7-3-5-9-16(14)20/h3-10,13H,11-12H2,1-2H3,(H2,21,22,23,24). The highest BCUT2D eigenvalue weighted by atomic mass is 35.5. The highest BCUT2D eigenvalue weighted by molar-refractivity contribution is 7.80. The maximum absolute atomic E-state index is 12.1. The minimum atomic E-state index is -0.130. The third kappa shape index (κ3) is 5.32. The quantitative estimate of drug-likeness (QED) is 0.744. The number of benzene rings is 2. The van der Waals surface area contributed by atoms with E-state index in [0.717, 1.165) is 16.8 Å². The number of anilines is 1. The fourth-order valence-electron chi connectivity index (χ4n) is 2.41. The summed E-state index contributed by atoms with van der Waals surface area (Å²) < 4.78 is 0. The number of hydrogen-bond donors (Lipinski definition) is 2. The minimum absolute atomic E-state index is 0.130. The number of thiocarbonyl (C=S) groups is 1. The van der Waals surface area contributed by atoms with Crippen LogP contribution < -0.4 is 10.6 Å². The van der Waals surface area contributed by atoms with Crippen LogP contribution >= 0.6 is 23.8 Å². The van der Waals surface area contributed by atoms with E-state index in [-0.39, 0.29) is 5.91 Å². The lowest BCUT2D eigenvalue weighted by atomic mass is 10.0. The van der Waals surface area contributed by atoms with Gasteiger partial charge in [-0.1, -0.05) is 61.8 Å². The van der Waals surface area contributed by atoms with Gasteiger partial charge in [0.15, 0.2) is 5.11 Å². The van der Waals surface area contributed by atoms with E-state index in [1.54, 1.807) is 0 Å². The molecule has 2 rings (SSSR count). The summed E-state index contributed by atoms with van der Waals surface area (Å²) in [6.07, 6.45) is 0.911. The van der Waals surface area contributed by atoms with Crippen LogP contribution in [0.5, 0.6) is 0 Å². The van der Waals surface area contributed by atoms with Gasteiger partial charge in [0, 0.05) is 17.1 Å². The molecule has 0 spiro atoms. The minimum Gasteiger partial charge on any atom is -0.332 e. The second-order valence-electron chi connectivity index (χ2n) is 5.84. The molecule has 0 fully saturated rings. The van der Waals surface area contributed by atoms with Crippen LogP contribution in [-0.4, -0.2) is 11.0 Å². The first-order valence-corrected chi connectivity index (χ1v) is 8.69. The smallest absolute Gasteiger partial charge is 0.226 e. The van der Waals surface area contributed by atoms with E-state index < -0.39 is 0 Å². The molecular weight excluding hydrogens is 340 g/mol. The van der Waals surface area contributed by atoms with Crippen LogP contribution in [0.15, 0.2) is 48.5 Å². The normalized spacial score (nSPS) is 10.5. The molecule has 2 aromatic carbocycles. The van der Waals surface area contributed by atoms with Gasteiger partial charge in [-0.25, -0.2) is 0 Å². The Balaban J connectivity index is 1.88. The largest absolute Gasteiger partial charge is 0.332 e. The van der Waals surface area contributed by atoms with Crippen molar-refractivity contribution in [2.45, 2.75) is 32.6 Å². The first-order valence-electron chi connectivity index (χ1n) is 7.90. The van der Waals surface area contributed by atoms with Gasteiger partial charge < -0.3 is 10.6 Å². The lowest BCUT2D eigenvalue weighted by Gasteiger charge is -2.15. The molecule has 0 bridgehead atoms. The van der Waals surface area contributed by atoms with Gasteiger partial charge >= 0.3 is 0 Å². The van der Waals surface area contributed by atoms with Gasteiger partial charge in [-0.05, 0) is 47.8 Å². The second kappa shape index (κ2) is 8.81. The van der Waals surface area contributed by atoms with Crippen molar-refractivity contribution in [2.75, 3.05) is 5.32 Å². The highest BCUT2D eigenvalue weighted by Gasteiger charge is 2.10. The van der Waals surface area contributed by atoms with Crippen molar-refractivity contribution in [2.24, 2.45) is 0 Å². The maximum Gasteiger partial charge on any atom is 0.226 e. The van der Waals surface area contributed by atoms with E-state index in [1.807, 2.05) is 42.5 Å². The van der Waals surface area contributed by atoms with Crippen molar-refractivity contribution in [3.05, 3.63) is 64.7 Å². The molecule has 0 aliphatic rings. The molecule has 0 aliphatic heterocycles. The van der Waals surface area contributed by atoms with Crippen LogP contribution in [-0.2, 0) is 11.2 Å². The summed E-state index contributed by atoms with van der Waals surface area (Å²) >= 11 is 11.3. The van der Waals surface area contributed by atoms with Gasteiger partial charge in [0.05, 0.1) is 0 Å². The van der Waals surface area contributed by atoms with Gasteiger partial charge in [-0.3, -0.25) is 4.79 Å². The average molecular weight is 361 g/mol. The Labute approximate surface area is 153 Å². The summed E-state index contributed by atoms with van der Waals surface area (Å²) in [5.74, 6) is 0.238. The molecule has 5 heteroatoms. The lowest BCUT2D eigenvalue weighted by Crippen LogP contribution is -2.34. The summed E-state index contributed by atoms with van der Waals surface area (Å²) in [4.78, 5) is 12.1. The molecular formula is C19H21ClN2OS. The van der Waals surface area contributed by atoms with Crippen molar-refractivity contribution in [1.29, 1.82) is 0 Å². The molecule has 126 valence electrons. The molecule has 2 aromatic rings. The molecule has 0 atom stereocenters. The van der Waals surface area contributed by atoms with Gasteiger partial charge in [0.1, 0.15) is 0 Å². The van der Waals surface area contributed by atoms with E-state index in [2.05, 4.69) is 30.5 Å². The monoisotopic (exact) mass is 360 g/mol. The molecule has 1 amide bonds. The van der Waals surface area contributed by atoms with Gasteiger partial charge in [0.25, 0.3) is 0 Å². The molecule has 0 unspecified atom stereocenters. The summed E-state index contributed by atoms with van der Waals surface area (Å²) in [6, 6.07) is 15.5. The van der Waals surface area contributed by atoms with Crippen LogP contribution in [0.25, 0.3) is 0 Å². The van der Waals surface area contributed by atoms with Crippen LogP contribution in [0, 0.1) is 0 Å². The zero-order valence-electron chi connectivity index (χ0n) is 13.8. The Bertz CT molecular complexity index is 731. The summed E-state index contributed by atoms with van der Waals surface area (Å²) in [5, 5.41) is 6.82. The summed E-state index contributed by atoms with van der Waals surface area (Å²) in [7, 11) is 0. The number of amides is 1. The van der Waals surface area contributed by atoms with E-state index >= 15 is 0 Å². The summed E-state index contributed by atoms with van der Waals surface area (Å²) in [6.45, 7) is 4.23. The van der Waals surface area contributed by atoms with Crippen LogP contribution in [0.1, 0.15) is 37.3 Å². The zero-order valence-corrected chi connectivity index (χ0v) is 15.4. The van der Waals surface area contributed by atoms with E-state index in [4.69, 9.17) is 23.8 Å². The summed E-state index contributed by atoms with van der Waals surface area (Å²) in [5.41, 5.74) is 3.03. The molecule has 2 N–H and O–H groups in total. The maximum atomic E-state index is 12.1. The van der Waals surface area contributed by atoms with E-state index in [0.29, 0.717) is 28.9 Å². The number of para-hydroxylation sites is 1. The van der Waals surface area contributed by atoms with Crippen molar-refractivity contribution in [1.82, 2.24) is 5.32 Å². The Kier molecular flexibility index (Phi) is 6.76. The van der Waals surface area contributed by atoms with Crippen molar-refractivity contribution < 1.29 is 4.79 Å². The molecule has 0 radical (unpaired) electrons. The molecule has 3 nitrogen and oxygen atoms in total. The number of hydrogen-bond acceptors (Lipinski definition) is 2. The van der Waals surface area contributed by atoms with Crippen molar-refractivity contribution >= 4 is 40.5 Å². The second-order valence-corrected chi connectivity index (χ2v) is 6.65. The number of rotatable bonds is 5. The lowest BCUT2D eigenvalue weighted by molar-refractivity contribution is -0.119.